The molecule has 1 aromatic rings. The number of amides is 1. The van der Waals surface area contributed by atoms with Crippen LogP contribution in [0, 0.1) is 5.82 Å². The van der Waals surface area contributed by atoms with E-state index < -0.39 is 11.9 Å². The smallest absolute Gasteiger partial charge is 0.244 e. The molecule has 0 spiro atoms. The second-order valence-electron chi connectivity index (χ2n) is 4.42. The zero-order valence-corrected chi connectivity index (χ0v) is 12.1. The predicted molar refractivity (Wildman–Crippen MR) is 77.5 cm³/mol. The number of hydrogen-bond donors (Lipinski definition) is 2. The zero-order chi connectivity index (χ0) is 15.7. The number of aliphatic hydroxyl groups excluding tert-OH is 1. The van der Waals surface area contributed by atoms with Crippen molar-refractivity contribution in [3.8, 4) is 5.75 Å². The number of rotatable bonds is 8. The van der Waals surface area contributed by atoms with E-state index in [1.165, 1.54) is 38.5 Å². The lowest BCUT2D eigenvalue weighted by Gasteiger charge is -2.08. The highest BCUT2D eigenvalue weighted by atomic mass is 19.1. The quantitative estimate of drug-likeness (QED) is 0.711. The molecule has 1 unspecified atom stereocenters. The second-order valence-corrected chi connectivity index (χ2v) is 4.42. The monoisotopic (exact) mass is 297 g/mol. The number of ether oxygens (including phenoxy) is 2. The summed E-state index contributed by atoms with van der Waals surface area (Å²) in [7, 11) is 2.89. The van der Waals surface area contributed by atoms with E-state index in [4.69, 9.17) is 9.47 Å². The SMILES string of the molecule is COCC(O)CCNC(=O)/C=C/c1ccc(OC)c(F)c1. The van der Waals surface area contributed by atoms with Gasteiger partial charge in [0.25, 0.3) is 0 Å². The fourth-order valence-corrected chi connectivity index (χ4v) is 1.65. The highest BCUT2D eigenvalue weighted by molar-refractivity contribution is 5.91. The first-order valence-corrected chi connectivity index (χ1v) is 6.53. The van der Waals surface area contributed by atoms with Gasteiger partial charge in [0.1, 0.15) is 0 Å². The minimum Gasteiger partial charge on any atom is -0.494 e. The number of aliphatic hydroxyl groups is 1. The summed E-state index contributed by atoms with van der Waals surface area (Å²) < 4.78 is 23.0. The maximum Gasteiger partial charge on any atom is 0.244 e. The summed E-state index contributed by atoms with van der Waals surface area (Å²) in [5, 5.41) is 12.0. The van der Waals surface area contributed by atoms with Crippen molar-refractivity contribution in [1.29, 1.82) is 0 Å². The largest absolute Gasteiger partial charge is 0.494 e. The number of halogens is 1. The Hall–Kier alpha value is -1.92. The summed E-state index contributed by atoms with van der Waals surface area (Å²) >= 11 is 0. The number of hydrogen-bond acceptors (Lipinski definition) is 4. The van der Waals surface area contributed by atoms with Crippen molar-refractivity contribution >= 4 is 12.0 Å². The van der Waals surface area contributed by atoms with Crippen LogP contribution in [0.3, 0.4) is 0 Å². The molecular formula is C15H20FNO4. The molecule has 0 saturated heterocycles. The average molecular weight is 297 g/mol. The van der Waals surface area contributed by atoms with Crippen LogP contribution in [0.2, 0.25) is 0 Å². The van der Waals surface area contributed by atoms with E-state index in [0.717, 1.165) is 0 Å². The van der Waals surface area contributed by atoms with Gasteiger partial charge in [-0.05, 0) is 30.2 Å². The van der Waals surface area contributed by atoms with Gasteiger partial charge in [-0.15, -0.1) is 0 Å². The fraction of sp³-hybridized carbons (Fsp3) is 0.400. The van der Waals surface area contributed by atoms with Gasteiger partial charge in [0, 0.05) is 19.7 Å². The van der Waals surface area contributed by atoms with E-state index in [9.17, 15) is 14.3 Å². The third-order valence-electron chi connectivity index (χ3n) is 2.74. The van der Waals surface area contributed by atoms with Gasteiger partial charge >= 0.3 is 0 Å². The van der Waals surface area contributed by atoms with Crippen molar-refractivity contribution in [2.75, 3.05) is 27.4 Å². The van der Waals surface area contributed by atoms with Crippen LogP contribution in [0.25, 0.3) is 6.08 Å². The van der Waals surface area contributed by atoms with E-state index in [1.807, 2.05) is 0 Å². The first-order chi connectivity index (χ1) is 10.1. The van der Waals surface area contributed by atoms with Gasteiger partial charge in [-0.25, -0.2) is 4.39 Å². The van der Waals surface area contributed by atoms with Gasteiger partial charge in [0.15, 0.2) is 11.6 Å². The molecule has 0 aliphatic heterocycles. The Morgan fingerprint density at radius 2 is 2.24 bits per heavy atom. The van der Waals surface area contributed by atoms with Crippen LogP contribution in [-0.4, -0.2) is 44.5 Å². The molecular weight excluding hydrogens is 277 g/mol. The van der Waals surface area contributed by atoms with Gasteiger partial charge in [-0.3, -0.25) is 4.79 Å². The molecule has 0 saturated carbocycles. The molecule has 2 N–H and O–H groups in total. The zero-order valence-electron chi connectivity index (χ0n) is 12.1. The summed E-state index contributed by atoms with van der Waals surface area (Å²) in [4.78, 5) is 11.5. The topological polar surface area (TPSA) is 67.8 Å². The summed E-state index contributed by atoms with van der Waals surface area (Å²) in [6.45, 7) is 0.571. The Labute approximate surface area is 123 Å². The molecule has 1 aromatic carbocycles. The predicted octanol–water partition coefficient (Wildman–Crippen LogP) is 1.36. The van der Waals surface area contributed by atoms with E-state index in [2.05, 4.69) is 5.32 Å². The number of benzene rings is 1. The first-order valence-electron chi connectivity index (χ1n) is 6.53. The van der Waals surface area contributed by atoms with Gasteiger partial charge in [-0.2, -0.15) is 0 Å². The van der Waals surface area contributed by atoms with Crippen molar-refractivity contribution in [2.45, 2.75) is 12.5 Å². The summed E-state index contributed by atoms with van der Waals surface area (Å²) in [6.07, 6.45) is 2.62. The van der Waals surface area contributed by atoms with Crippen molar-refractivity contribution < 1.29 is 23.8 Å². The van der Waals surface area contributed by atoms with Crippen LogP contribution < -0.4 is 10.1 Å². The molecule has 116 valence electrons. The lowest BCUT2D eigenvalue weighted by molar-refractivity contribution is -0.116. The Morgan fingerprint density at radius 3 is 2.86 bits per heavy atom. The first kappa shape index (κ1) is 17.1. The van der Waals surface area contributed by atoms with Crippen molar-refractivity contribution in [1.82, 2.24) is 5.32 Å². The maximum absolute atomic E-state index is 13.4. The molecule has 0 aliphatic rings. The van der Waals surface area contributed by atoms with Crippen LogP contribution in [0.5, 0.6) is 5.75 Å². The van der Waals surface area contributed by atoms with Gasteiger partial charge < -0.3 is 19.9 Å². The molecule has 5 nitrogen and oxygen atoms in total. The molecule has 0 fully saturated rings. The minimum atomic E-state index is -0.602. The average Bonchev–Trinajstić information content (AvgIpc) is 2.45. The van der Waals surface area contributed by atoms with E-state index in [-0.39, 0.29) is 18.3 Å². The van der Waals surface area contributed by atoms with Crippen LogP contribution in [0.1, 0.15) is 12.0 Å². The second kappa shape index (κ2) is 9.10. The van der Waals surface area contributed by atoms with Gasteiger partial charge in [-0.1, -0.05) is 6.07 Å². The highest BCUT2D eigenvalue weighted by Gasteiger charge is 2.04. The maximum atomic E-state index is 13.4. The molecule has 1 rings (SSSR count). The molecule has 21 heavy (non-hydrogen) atoms. The number of carbonyl (C=O) groups excluding carboxylic acids is 1. The molecule has 1 amide bonds. The Bertz CT molecular complexity index is 491. The van der Waals surface area contributed by atoms with Crippen LogP contribution >= 0.6 is 0 Å². The summed E-state index contributed by atoms with van der Waals surface area (Å²) in [6, 6.07) is 4.42. The number of methoxy groups -OCH3 is 2. The molecule has 6 heteroatoms. The normalized spacial score (nSPS) is 12.4. The van der Waals surface area contributed by atoms with E-state index in [0.29, 0.717) is 18.5 Å². The Morgan fingerprint density at radius 1 is 1.48 bits per heavy atom. The van der Waals surface area contributed by atoms with Crippen LogP contribution in [0.4, 0.5) is 4.39 Å². The van der Waals surface area contributed by atoms with Crippen LogP contribution in [-0.2, 0) is 9.53 Å². The van der Waals surface area contributed by atoms with Gasteiger partial charge in [0.05, 0.1) is 19.8 Å². The molecule has 0 aromatic heterocycles. The minimum absolute atomic E-state index is 0.156. The van der Waals surface area contributed by atoms with Crippen LogP contribution in [0.15, 0.2) is 24.3 Å². The van der Waals surface area contributed by atoms with E-state index >= 15 is 0 Å². The third-order valence-corrected chi connectivity index (χ3v) is 2.74. The van der Waals surface area contributed by atoms with E-state index in [1.54, 1.807) is 6.07 Å². The summed E-state index contributed by atoms with van der Waals surface area (Å²) in [5.74, 6) is -0.637. The summed E-state index contributed by atoms with van der Waals surface area (Å²) in [5.41, 5.74) is 0.558. The Balaban J connectivity index is 2.42. The lowest BCUT2D eigenvalue weighted by Crippen LogP contribution is -2.27. The molecule has 1 atom stereocenters. The third kappa shape index (κ3) is 6.37. The van der Waals surface area contributed by atoms with Gasteiger partial charge in [0.2, 0.25) is 5.91 Å². The van der Waals surface area contributed by atoms with Crippen molar-refractivity contribution in [2.24, 2.45) is 0 Å². The standard InChI is InChI=1S/C15H20FNO4/c1-20-10-12(18)7-8-17-15(19)6-4-11-3-5-14(21-2)13(16)9-11/h3-6,9,12,18H,7-8,10H2,1-2H3,(H,17,19)/b6-4+. The number of carbonyl (C=O) groups is 1. The fourth-order valence-electron chi connectivity index (χ4n) is 1.65. The highest BCUT2D eigenvalue weighted by Crippen LogP contribution is 2.18. The molecule has 0 bridgehead atoms. The lowest BCUT2D eigenvalue weighted by atomic mass is 10.2. The van der Waals surface area contributed by atoms with Crippen molar-refractivity contribution in [3.05, 3.63) is 35.7 Å². The number of nitrogens with one attached hydrogen (secondary N) is 1. The molecule has 0 heterocycles. The van der Waals surface area contributed by atoms with Crippen molar-refractivity contribution in [3.63, 3.8) is 0 Å². The molecule has 0 aliphatic carbocycles. The molecule has 0 radical (unpaired) electrons. The Kier molecular flexibility index (Phi) is 7.42.